The van der Waals surface area contributed by atoms with Crippen LogP contribution in [0.1, 0.15) is 30.5 Å². The van der Waals surface area contributed by atoms with E-state index in [0.717, 1.165) is 11.6 Å². The smallest absolute Gasteiger partial charge is 0.307 e. The van der Waals surface area contributed by atoms with Crippen molar-refractivity contribution >= 4 is 5.97 Å². The van der Waals surface area contributed by atoms with Gasteiger partial charge in [0.25, 0.3) is 0 Å². The first kappa shape index (κ1) is 19.0. The summed E-state index contributed by atoms with van der Waals surface area (Å²) in [7, 11) is 1.25. The number of halogens is 3. The highest BCUT2D eigenvalue weighted by molar-refractivity contribution is 5.70. The van der Waals surface area contributed by atoms with Crippen molar-refractivity contribution in [1.82, 2.24) is 5.32 Å². The third kappa shape index (κ3) is 5.32. The average molecular weight is 351 g/mol. The maximum atomic E-state index is 13.9. The molecule has 0 aliphatic rings. The summed E-state index contributed by atoms with van der Waals surface area (Å²) in [4.78, 5) is 11.6. The molecule has 0 aromatic heterocycles. The van der Waals surface area contributed by atoms with E-state index in [2.05, 4.69) is 10.1 Å². The van der Waals surface area contributed by atoms with E-state index in [1.165, 1.54) is 7.11 Å². The van der Waals surface area contributed by atoms with Gasteiger partial charge in [-0.05, 0) is 30.5 Å². The summed E-state index contributed by atoms with van der Waals surface area (Å²) in [5, 5.41) is 3.20. The zero-order valence-corrected chi connectivity index (χ0v) is 14.1. The molecule has 2 aromatic rings. The Balaban J connectivity index is 2.20. The molecule has 0 fully saturated rings. The van der Waals surface area contributed by atoms with Gasteiger partial charge in [0.2, 0.25) is 0 Å². The maximum Gasteiger partial charge on any atom is 0.307 e. The molecule has 0 spiro atoms. The van der Waals surface area contributed by atoms with Crippen LogP contribution < -0.4 is 5.32 Å². The van der Waals surface area contributed by atoms with Gasteiger partial charge in [0.1, 0.15) is 5.82 Å². The van der Waals surface area contributed by atoms with Crippen molar-refractivity contribution in [3.05, 3.63) is 71.0 Å². The minimum absolute atomic E-state index is 0.0488. The molecule has 0 heterocycles. The van der Waals surface area contributed by atoms with Gasteiger partial charge in [-0.25, -0.2) is 13.2 Å². The average Bonchev–Trinajstić information content (AvgIpc) is 2.59. The van der Waals surface area contributed by atoms with Crippen LogP contribution in [0.2, 0.25) is 0 Å². The van der Waals surface area contributed by atoms with E-state index in [0.29, 0.717) is 6.07 Å². The van der Waals surface area contributed by atoms with E-state index < -0.39 is 29.5 Å². The van der Waals surface area contributed by atoms with Gasteiger partial charge in [-0.1, -0.05) is 30.3 Å². The fourth-order valence-electron chi connectivity index (χ4n) is 2.69. The Labute approximate surface area is 144 Å². The van der Waals surface area contributed by atoms with Crippen molar-refractivity contribution in [3.8, 4) is 0 Å². The van der Waals surface area contributed by atoms with Crippen molar-refractivity contribution in [3.63, 3.8) is 0 Å². The first-order chi connectivity index (χ1) is 11.9. The van der Waals surface area contributed by atoms with Crippen molar-refractivity contribution in [2.45, 2.75) is 31.8 Å². The number of methoxy groups -OCH3 is 1. The Bertz CT molecular complexity index is 722. The predicted molar refractivity (Wildman–Crippen MR) is 88.4 cm³/mol. The molecule has 25 heavy (non-hydrogen) atoms. The SMILES string of the molecule is COC(=O)CC(Cc1cc(F)cc(F)c1F)N[C@H](C)c1ccccc1. The fourth-order valence-corrected chi connectivity index (χ4v) is 2.69. The molecule has 0 radical (unpaired) electrons. The van der Waals surface area contributed by atoms with Crippen LogP contribution in [0.25, 0.3) is 0 Å². The third-order valence-corrected chi connectivity index (χ3v) is 3.96. The molecular weight excluding hydrogens is 331 g/mol. The molecule has 2 rings (SSSR count). The first-order valence-electron chi connectivity index (χ1n) is 7.92. The zero-order chi connectivity index (χ0) is 18.4. The summed E-state index contributed by atoms with van der Waals surface area (Å²) in [6.45, 7) is 1.89. The van der Waals surface area contributed by atoms with Crippen molar-refractivity contribution in [1.29, 1.82) is 0 Å². The summed E-state index contributed by atoms with van der Waals surface area (Å²) in [6, 6.07) is 10.2. The Morgan fingerprint density at radius 1 is 1.16 bits per heavy atom. The largest absolute Gasteiger partial charge is 0.469 e. The van der Waals surface area contributed by atoms with Gasteiger partial charge >= 0.3 is 5.97 Å². The Morgan fingerprint density at radius 3 is 2.48 bits per heavy atom. The molecule has 1 unspecified atom stereocenters. The van der Waals surface area contributed by atoms with E-state index in [4.69, 9.17) is 0 Å². The molecule has 0 saturated heterocycles. The van der Waals surface area contributed by atoms with Gasteiger partial charge in [0.15, 0.2) is 11.6 Å². The standard InChI is InChI=1S/C19H20F3NO2/c1-12(13-6-4-3-5-7-13)23-16(11-18(24)25-2)9-14-8-15(20)10-17(21)19(14)22/h3-8,10,12,16,23H,9,11H2,1-2H3/t12-,16?/m1/s1. The predicted octanol–water partition coefficient (Wildman–Crippen LogP) is 3.93. The normalized spacial score (nSPS) is 13.3. The number of benzene rings is 2. The Hall–Kier alpha value is -2.34. The lowest BCUT2D eigenvalue weighted by atomic mass is 10.00. The van der Waals surface area contributed by atoms with Crippen LogP contribution in [0.15, 0.2) is 42.5 Å². The van der Waals surface area contributed by atoms with Gasteiger partial charge < -0.3 is 10.1 Å². The molecule has 6 heteroatoms. The minimum atomic E-state index is -1.25. The number of hydrogen-bond acceptors (Lipinski definition) is 3. The third-order valence-electron chi connectivity index (χ3n) is 3.96. The molecule has 2 aromatic carbocycles. The molecule has 1 N–H and O–H groups in total. The van der Waals surface area contributed by atoms with Gasteiger partial charge in [0.05, 0.1) is 13.5 Å². The van der Waals surface area contributed by atoms with Gasteiger partial charge in [-0.15, -0.1) is 0 Å². The number of esters is 1. The lowest BCUT2D eigenvalue weighted by molar-refractivity contribution is -0.141. The lowest BCUT2D eigenvalue weighted by Gasteiger charge is -2.23. The molecule has 0 bridgehead atoms. The highest BCUT2D eigenvalue weighted by Crippen LogP contribution is 2.19. The van der Waals surface area contributed by atoms with E-state index in [-0.39, 0.29) is 24.4 Å². The molecule has 0 aliphatic heterocycles. The minimum Gasteiger partial charge on any atom is -0.469 e. The molecule has 0 saturated carbocycles. The van der Waals surface area contributed by atoms with E-state index in [1.807, 2.05) is 37.3 Å². The van der Waals surface area contributed by atoms with Crippen molar-refractivity contribution < 1.29 is 22.7 Å². The number of carbonyl (C=O) groups is 1. The molecule has 134 valence electrons. The molecule has 0 amide bonds. The number of rotatable bonds is 7. The van der Waals surface area contributed by atoms with Crippen LogP contribution in [-0.4, -0.2) is 19.1 Å². The van der Waals surface area contributed by atoms with Crippen molar-refractivity contribution in [2.24, 2.45) is 0 Å². The van der Waals surface area contributed by atoms with Gasteiger partial charge in [-0.2, -0.15) is 0 Å². The summed E-state index contributed by atoms with van der Waals surface area (Å²) in [5.41, 5.74) is 0.849. The van der Waals surface area contributed by atoms with Gasteiger partial charge in [0, 0.05) is 18.2 Å². The van der Waals surface area contributed by atoms with Crippen LogP contribution in [0.5, 0.6) is 0 Å². The van der Waals surface area contributed by atoms with Crippen LogP contribution in [0, 0.1) is 17.5 Å². The number of nitrogens with one attached hydrogen (secondary N) is 1. The Kier molecular flexibility index (Phi) is 6.58. The molecule has 2 atom stereocenters. The van der Waals surface area contributed by atoms with E-state index >= 15 is 0 Å². The number of ether oxygens (including phenoxy) is 1. The number of hydrogen-bond donors (Lipinski definition) is 1. The molecular formula is C19H20F3NO2. The Morgan fingerprint density at radius 2 is 1.84 bits per heavy atom. The summed E-state index contributed by atoms with van der Waals surface area (Å²) in [6.07, 6.45) is -0.0992. The van der Waals surface area contributed by atoms with Crippen LogP contribution in [-0.2, 0) is 16.0 Å². The van der Waals surface area contributed by atoms with Crippen LogP contribution in [0.3, 0.4) is 0 Å². The van der Waals surface area contributed by atoms with E-state index in [1.54, 1.807) is 0 Å². The van der Waals surface area contributed by atoms with Crippen LogP contribution >= 0.6 is 0 Å². The van der Waals surface area contributed by atoms with Gasteiger partial charge in [-0.3, -0.25) is 4.79 Å². The van der Waals surface area contributed by atoms with Crippen LogP contribution in [0.4, 0.5) is 13.2 Å². The molecule has 0 aliphatic carbocycles. The second-order valence-electron chi connectivity index (χ2n) is 5.84. The first-order valence-corrected chi connectivity index (χ1v) is 7.92. The highest BCUT2D eigenvalue weighted by Gasteiger charge is 2.21. The quantitative estimate of drug-likeness (QED) is 0.607. The highest BCUT2D eigenvalue weighted by atomic mass is 19.2. The monoisotopic (exact) mass is 351 g/mol. The second-order valence-corrected chi connectivity index (χ2v) is 5.84. The second kappa shape index (κ2) is 8.67. The summed E-state index contributed by atoms with van der Waals surface area (Å²) >= 11 is 0. The zero-order valence-electron chi connectivity index (χ0n) is 14.1. The lowest BCUT2D eigenvalue weighted by Crippen LogP contribution is -2.36. The topological polar surface area (TPSA) is 38.3 Å². The maximum absolute atomic E-state index is 13.9. The van der Waals surface area contributed by atoms with E-state index in [9.17, 15) is 18.0 Å². The van der Waals surface area contributed by atoms with Crippen molar-refractivity contribution in [2.75, 3.05) is 7.11 Å². The molecule has 3 nitrogen and oxygen atoms in total. The fraction of sp³-hybridized carbons (Fsp3) is 0.316. The summed E-state index contributed by atoms with van der Waals surface area (Å²) < 4.78 is 45.4. The summed E-state index contributed by atoms with van der Waals surface area (Å²) in [5.74, 6) is -3.70. The number of carbonyl (C=O) groups excluding carboxylic acids is 1.